The maximum Gasteiger partial charge on any atom is 0.459 e. The molecule has 2 aromatic rings. The molecule has 3 N–H and O–H groups in total. The maximum absolute atomic E-state index is 16.3. The number of aromatic nitrogens is 2. The molecule has 1 aliphatic carbocycles. The van der Waals surface area contributed by atoms with Gasteiger partial charge >= 0.3 is 31.5 Å². The van der Waals surface area contributed by atoms with E-state index < -0.39 is 98.6 Å². The van der Waals surface area contributed by atoms with Gasteiger partial charge in [0.1, 0.15) is 36.1 Å². The molecule has 1 saturated carbocycles. The topological polar surface area (TPSA) is 221 Å². The summed E-state index contributed by atoms with van der Waals surface area (Å²) in [5.41, 5.74) is -4.76. The molecule has 2 saturated heterocycles. The van der Waals surface area contributed by atoms with Crippen LogP contribution in [-0.4, -0.2) is 93.8 Å². The van der Waals surface area contributed by atoms with Gasteiger partial charge in [0.15, 0.2) is 18.6 Å². The molecule has 1 amide bonds. The molecule has 3 heterocycles. The molecule has 1 aromatic carbocycles. The van der Waals surface area contributed by atoms with Gasteiger partial charge < -0.3 is 38.6 Å². The number of rotatable bonds is 16. The highest BCUT2D eigenvalue weighted by Crippen LogP contribution is 2.47. The second kappa shape index (κ2) is 18.0. The number of para-hydroxylation sites is 1. The van der Waals surface area contributed by atoms with Crippen molar-refractivity contribution in [1.82, 2.24) is 19.5 Å². The number of aliphatic hydroxyl groups is 1. The number of ether oxygens (including phenoxy) is 5. The first-order chi connectivity index (χ1) is 26.4. The smallest absolute Gasteiger partial charge is 0.459 e. The summed E-state index contributed by atoms with van der Waals surface area (Å²) in [6, 6.07) is 6.36. The number of amides is 1. The van der Waals surface area contributed by atoms with Crippen molar-refractivity contribution in [2.45, 2.75) is 122 Å². The van der Waals surface area contributed by atoms with E-state index in [-0.39, 0.29) is 18.0 Å². The number of carbonyl (C=O) groups excluding carboxylic acids is 3. The highest BCUT2D eigenvalue weighted by atomic mass is 31.2. The molecule has 3 fully saturated rings. The SMILES string of the molecule is CC(C)OC(=O)[C@H](C)N[P@@](=O)(OC[C@H]1O[C@@H](n2ccc(=O)n(COC(=O)[C@@H](NC(=O)OC3CC4CCOC4C3)C(C)C)c2=O)[C@](C)(F)[C@@H]1O)Oc1ccccc1. The van der Waals surface area contributed by atoms with Crippen molar-refractivity contribution in [3.8, 4) is 5.75 Å². The van der Waals surface area contributed by atoms with Gasteiger partial charge in [0.25, 0.3) is 5.56 Å². The first-order valence-electron chi connectivity index (χ1n) is 18.5. The number of carbonyl (C=O) groups is 3. The summed E-state index contributed by atoms with van der Waals surface area (Å²) < 4.78 is 69.9. The van der Waals surface area contributed by atoms with Crippen LogP contribution in [0.1, 0.15) is 67.0 Å². The summed E-state index contributed by atoms with van der Waals surface area (Å²) in [4.78, 5) is 64.7. The predicted molar refractivity (Wildman–Crippen MR) is 194 cm³/mol. The normalized spacial score (nSPS) is 28.0. The van der Waals surface area contributed by atoms with Gasteiger partial charge in [-0.1, -0.05) is 32.0 Å². The number of benzene rings is 1. The third-order valence-electron chi connectivity index (χ3n) is 9.71. The fraction of sp³-hybridized carbons (Fsp3) is 0.639. The third kappa shape index (κ3) is 10.2. The molecule has 3 unspecified atom stereocenters. The molecule has 0 spiro atoms. The van der Waals surface area contributed by atoms with Crippen molar-refractivity contribution in [2.24, 2.45) is 11.8 Å². The summed E-state index contributed by atoms with van der Waals surface area (Å²) in [5.74, 6) is -1.79. The van der Waals surface area contributed by atoms with Crippen LogP contribution in [0.25, 0.3) is 0 Å². The van der Waals surface area contributed by atoms with E-state index in [2.05, 4.69) is 10.4 Å². The molecule has 3 aliphatic rings. The Hall–Kier alpha value is -4.13. The predicted octanol–water partition coefficient (Wildman–Crippen LogP) is 2.95. The van der Waals surface area contributed by atoms with E-state index in [1.165, 1.54) is 19.1 Å². The monoisotopic (exact) mass is 812 g/mol. The van der Waals surface area contributed by atoms with Crippen molar-refractivity contribution in [2.75, 3.05) is 13.2 Å². The number of halogens is 1. The lowest BCUT2D eigenvalue weighted by Gasteiger charge is -2.26. The molecule has 10 atom stereocenters. The second-order valence-electron chi connectivity index (χ2n) is 14.8. The van der Waals surface area contributed by atoms with Crippen molar-refractivity contribution < 1.29 is 61.2 Å². The first kappa shape index (κ1) is 43.0. The Morgan fingerprint density at radius 2 is 1.79 bits per heavy atom. The lowest BCUT2D eigenvalue weighted by atomic mass is 9.98. The fourth-order valence-corrected chi connectivity index (χ4v) is 8.23. The number of hydrogen-bond acceptors (Lipinski definition) is 14. The number of alkyl halides is 1. The Balaban J connectivity index is 1.25. The lowest BCUT2D eigenvalue weighted by molar-refractivity contribution is -0.151. The number of alkyl carbamates (subject to hydrolysis) is 1. The molecule has 56 heavy (non-hydrogen) atoms. The van der Waals surface area contributed by atoms with Crippen LogP contribution < -0.4 is 26.2 Å². The number of nitrogens with one attached hydrogen (secondary N) is 2. The van der Waals surface area contributed by atoms with E-state index >= 15 is 4.39 Å². The molecule has 0 radical (unpaired) electrons. The van der Waals surface area contributed by atoms with Gasteiger partial charge in [-0.25, -0.2) is 27.9 Å². The van der Waals surface area contributed by atoms with Crippen LogP contribution in [0.15, 0.2) is 52.2 Å². The van der Waals surface area contributed by atoms with Crippen LogP contribution in [0.5, 0.6) is 5.75 Å². The van der Waals surface area contributed by atoms with Crippen LogP contribution >= 0.6 is 7.75 Å². The van der Waals surface area contributed by atoms with Crippen LogP contribution in [0.4, 0.5) is 9.18 Å². The second-order valence-corrected chi connectivity index (χ2v) is 16.5. The molecule has 5 rings (SSSR count). The zero-order valence-corrected chi connectivity index (χ0v) is 32.9. The number of aliphatic hydroxyl groups excluding tert-OH is 1. The van der Waals surface area contributed by atoms with Crippen LogP contribution in [0, 0.1) is 11.8 Å². The van der Waals surface area contributed by atoms with Crippen molar-refractivity contribution >= 4 is 25.8 Å². The van der Waals surface area contributed by atoms with E-state index in [9.17, 15) is 33.6 Å². The minimum Gasteiger partial charge on any atom is -0.462 e. The largest absolute Gasteiger partial charge is 0.462 e. The van der Waals surface area contributed by atoms with Crippen LogP contribution in [0.2, 0.25) is 0 Å². The van der Waals surface area contributed by atoms with E-state index in [0.717, 1.165) is 25.6 Å². The van der Waals surface area contributed by atoms with Crippen LogP contribution in [-0.2, 0) is 49.1 Å². The zero-order valence-electron chi connectivity index (χ0n) is 32.0. The van der Waals surface area contributed by atoms with E-state index in [0.29, 0.717) is 34.5 Å². The fourth-order valence-electron chi connectivity index (χ4n) is 6.73. The summed E-state index contributed by atoms with van der Waals surface area (Å²) in [6.45, 7) is 7.90. The standard InChI is InChI=1S/C36H50FN4O14P/c1-20(2)29(38-34(46)53-25-16-23-13-15-49-26(23)17-25)32(45)50-19-41-28(42)12-14-40(35(41)47)33-36(6,37)30(43)27(54-33)18-51-56(48,55-24-10-8-7-9-11-24)39-22(5)31(44)52-21(3)4/h7-12,14,20-23,25-27,29-30,33,43H,13,15-19H2,1-6H3,(H,38,46)(H,39,48)/t22-,23?,25?,26?,27+,29-,30+,33+,36+,56+/m0/s1. The Labute approximate surface area is 322 Å². The number of fused-ring (bicyclic) bond motifs is 1. The number of hydrogen-bond donors (Lipinski definition) is 3. The van der Waals surface area contributed by atoms with Gasteiger partial charge in [0, 0.05) is 25.3 Å². The molecule has 1 aromatic heterocycles. The van der Waals surface area contributed by atoms with E-state index in [1.54, 1.807) is 45.9 Å². The summed E-state index contributed by atoms with van der Waals surface area (Å²) in [5, 5.41) is 16.0. The van der Waals surface area contributed by atoms with Crippen molar-refractivity contribution in [1.29, 1.82) is 0 Å². The average Bonchev–Trinajstić information content (AvgIpc) is 3.78. The Morgan fingerprint density at radius 3 is 2.45 bits per heavy atom. The first-order valence-corrected chi connectivity index (χ1v) is 20.0. The summed E-state index contributed by atoms with van der Waals surface area (Å²) in [7, 11) is -4.45. The van der Waals surface area contributed by atoms with Gasteiger partial charge in [-0.15, -0.1) is 0 Å². The Kier molecular flexibility index (Phi) is 13.8. The quantitative estimate of drug-likeness (QED) is 0.126. The molecule has 20 heteroatoms. The minimum absolute atomic E-state index is 0.0388. The highest BCUT2D eigenvalue weighted by molar-refractivity contribution is 7.52. The van der Waals surface area contributed by atoms with E-state index in [1.807, 2.05) is 0 Å². The molecule has 0 bridgehead atoms. The Bertz CT molecular complexity index is 1860. The average molecular weight is 813 g/mol. The molecular formula is C36H50FN4O14P. The molecule has 18 nitrogen and oxygen atoms in total. The Morgan fingerprint density at radius 1 is 1.07 bits per heavy atom. The molecule has 2 aliphatic heterocycles. The third-order valence-corrected chi connectivity index (χ3v) is 11.4. The number of esters is 2. The zero-order chi connectivity index (χ0) is 40.9. The maximum atomic E-state index is 16.3. The lowest BCUT2D eigenvalue weighted by Crippen LogP contribution is -2.48. The van der Waals surface area contributed by atoms with Gasteiger partial charge in [0.2, 0.25) is 0 Å². The number of nitrogens with zero attached hydrogens (tertiary/aromatic N) is 2. The van der Waals surface area contributed by atoms with Gasteiger partial charge in [-0.2, -0.15) is 5.09 Å². The molecular weight excluding hydrogens is 762 g/mol. The van der Waals surface area contributed by atoms with Gasteiger partial charge in [-0.05, 0) is 64.5 Å². The van der Waals surface area contributed by atoms with Crippen molar-refractivity contribution in [3.05, 3.63) is 63.4 Å². The minimum atomic E-state index is -4.45. The molecule has 310 valence electrons. The van der Waals surface area contributed by atoms with E-state index in [4.69, 9.17) is 32.7 Å². The highest BCUT2D eigenvalue weighted by Gasteiger charge is 2.56. The van der Waals surface area contributed by atoms with Gasteiger partial charge in [0.05, 0.1) is 18.8 Å². The van der Waals surface area contributed by atoms with Crippen LogP contribution in [0.3, 0.4) is 0 Å². The van der Waals surface area contributed by atoms with Crippen molar-refractivity contribution in [3.63, 3.8) is 0 Å². The van der Waals surface area contributed by atoms with Gasteiger partial charge in [-0.3, -0.25) is 18.7 Å². The summed E-state index contributed by atoms with van der Waals surface area (Å²) >= 11 is 0. The summed E-state index contributed by atoms with van der Waals surface area (Å²) in [6.07, 6.45) is -3.96.